The number of ketones is 1. The molecule has 0 fully saturated rings. The summed E-state index contributed by atoms with van der Waals surface area (Å²) in [5, 5.41) is 2.96. The van der Waals surface area contributed by atoms with Gasteiger partial charge in [-0.05, 0) is 43.7 Å². The van der Waals surface area contributed by atoms with Gasteiger partial charge in [-0.15, -0.1) is 0 Å². The Hall–Kier alpha value is -1.35. The second-order valence-electron chi connectivity index (χ2n) is 4.49. The maximum absolute atomic E-state index is 12.0. The smallest absolute Gasteiger partial charge is 0.179 e. The first-order chi connectivity index (χ1) is 8.01. The summed E-state index contributed by atoms with van der Waals surface area (Å²) in [6.07, 6.45) is 0. The molecule has 1 N–H and O–H groups in total. The van der Waals surface area contributed by atoms with E-state index in [1.807, 2.05) is 25.1 Å². The molecule has 0 aromatic heterocycles. The zero-order chi connectivity index (χ0) is 13.0. The van der Waals surface area contributed by atoms with Crippen molar-refractivity contribution in [3.05, 3.63) is 29.3 Å². The van der Waals surface area contributed by atoms with Crippen molar-refractivity contribution in [2.75, 3.05) is 14.2 Å². The summed E-state index contributed by atoms with van der Waals surface area (Å²) in [6.45, 7) is 6.04. The van der Waals surface area contributed by atoms with Gasteiger partial charge in [-0.2, -0.15) is 0 Å². The van der Waals surface area contributed by atoms with Gasteiger partial charge in [0.1, 0.15) is 5.75 Å². The maximum Gasteiger partial charge on any atom is 0.179 e. The maximum atomic E-state index is 12.0. The van der Waals surface area contributed by atoms with Crippen molar-refractivity contribution in [3.63, 3.8) is 0 Å². The monoisotopic (exact) mass is 235 g/mol. The number of carbonyl (C=O) groups excluding carboxylic acids is 1. The van der Waals surface area contributed by atoms with E-state index in [0.717, 1.165) is 16.9 Å². The Morgan fingerprint density at radius 3 is 2.41 bits per heavy atom. The number of nitrogens with one attached hydrogen (secondary N) is 1. The van der Waals surface area contributed by atoms with E-state index in [1.54, 1.807) is 14.2 Å². The van der Waals surface area contributed by atoms with Gasteiger partial charge in [-0.3, -0.25) is 4.79 Å². The van der Waals surface area contributed by atoms with E-state index in [2.05, 4.69) is 19.2 Å². The Morgan fingerprint density at radius 1 is 1.29 bits per heavy atom. The summed E-state index contributed by atoms with van der Waals surface area (Å²) in [5.41, 5.74) is 1.80. The van der Waals surface area contributed by atoms with Gasteiger partial charge in [0.15, 0.2) is 5.78 Å². The number of likely N-dealkylation sites (N-methyl/N-ethyl adjacent to an activating group) is 1. The largest absolute Gasteiger partial charge is 0.496 e. The van der Waals surface area contributed by atoms with Gasteiger partial charge in [0.2, 0.25) is 0 Å². The first-order valence-corrected chi connectivity index (χ1v) is 5.90. The molecule has 1 unspecified atom stereocenters. The summed E-state index contributed by atoms with van der Waals surface area (Å²) in [7, 11) is 3.44. The summed E-state index contributed by atoms with van der Waals surface area (Å²) < 4.78 is 5.30. The van der Waals surface area contributed by atoms with Crippen molar-refractivity contribution in [2.45, 2.75) is 32.7 Å². The van der Waals surface area contributed by atoms with Crippen molar-refractivity contribution in [1.29, 1.82) is 0 Å². The summed E-state index contributed by atoms with van der Waals surface area (Å²) in [4.78, 5) is 12.0. The minimum Gasteiger partial charge on any atom is -0.496 e. The highest BCUT2D eigenvalue weighted by Crippen LogP contribution is 2.27. The van der Waals surface area contributed by atoms with E-state index in [4.69, 9.17) is 4.74 Å². The lowest BCUT2D eigenvalue weighted by molar-refractivity contribution is 0.0955. The SMILES string of the molecule is CNC(C)C(=O)c1ccc(OC)c(C(C)C)c1. The fourth-order valence-corrected chi connectivity index (χ4v) is 1.72. The molecule has 0 saturated heterocycles. The number of benzene rings is 1. The average molecular weight is 235 g/mol. The van der Waals surface area contributed by atoms with Gasteiger partial charge in [-0.25, -0.2) is 0 Å². The molecule has 1 aromatic carbocycles. The zero-order valence-electron chi connectivity index (χ0n) is 11.2. The van der Waals surface area contributed by atoms with Crippen LogP contribution in [0.2, 0.25) is 0 Å². The minimum absolute atomic E-state index is 0.108. The normalized spacial score (nSPS) is 12.6. The van der Waals surface area contributed by atoms with Crippen molar-refractivity contribution < 1.29 is 9.53 Å². The lowest BCUT2D eigenvalue weighted by Gasteiger charge is -2.15. The number of carbonyl (C=O) groups is 1. The molecule has 0 saturated carbocycles. The van der Waals surface area contributed by atoms with Gasteiger partial charge in [0.05, 0.1) is 13.2 Å². The highest BCUT2D eigenvalue weighted by Gasteiger charge is 2.16. The van der Waals surface area contributed by atoms with Crippen LogP contribution < -0.4 is 10.1 Å². The van der Waals surface area contributed by atoms with Crippen molar-refractivity contribution in [1.82, 2.24) is 5.32 Å². The molecule has 1 atom stereocenters. The molecule has 3 heteroatoms. The molecule has 0 aliphatic heterocycles. The van der Waals surface area contributed by atoms with Crippen molar-refractivity contribution in [3.8, 4) is 5.75 Å². The Kier molecular flexibility index (Phi) is 4.70. The van der Waals surface area contributed by atoms with E-state index in [1.165, 1.54) is 0 Å². The number of hydrogen-bond donors (Lipinski definition) is 1. The molecule has 0 spiro atoms. The Balaban J connectivity index is 3.12. The van der Waals surface area contributed by atoms with Crippen LogP contribution in [0.15, 0.2) is 18.2 Å². The Morgan fingerprint density at radius 2 is 1.94 bits per heavy atom. The molecule has 0 aliphatic rings. The number of rotatable bonds is 5. The van der Waals surface area contributed by atoms with E-state index in [9.17, 15) is 4.79 Å². The van der Waals surface area contributed by atoms with Crippen LogP contribution in [-0.4, -0.2) is 26.0 Å². The first kappa shape index (κ1) is 13.7. The second-order valence-corrected chi connectivity index (χ2v) is 4.49. The Bertz CT molecular complexity index is 399. The highest BCUT2D eigenvalue weighted by atomic mass is 16.5. The van der Waals surface area contributed by atoms with E-state index < -0.39 is 0 Å². The van der Waals surface area contributed by atoms with E-state index in [-0.39, 0.29) is 11.8 Å². The zero-order valence-corrected chi connectivity index (χ0v) is 11.2. The van der Waals surface area contributed by atoms with Crippen LogP contribution in [0.4, 0.5) is 0 Å². The molecular weight excluding hydrogens is 214 g/mol. The minimum atomic E-state index is -0.164. The topological polar surface area (TPSA) is 38.3 Å². The van der Waals surface area contributed by atoms with Gasteiger partial charge >= 0.3 is 0 Å². The third-order valence-corrected chi connectivity index (χ3v) is 2.96. The van der Waals surface area contributed by atoms with Crippen LogP contribution in [0.1, 0.15) is 42.6 Å². The number of ether oxygens (including phenoxy) is 1. The predicted molar refractivity (Wildman–Crippen MR) is 69.9 cm³/mol. The fraction of sp³-hybridized carbons (Fsp3) is 0.500. The molecule has 0 aliphatic carbocycles. The number of methoxy groups -OCH3 is 1. The first-order valence-electron chi connectivity index (χ1n) is 5.90. The van der Waals surface area contributed by atoms with Crippen molar-refractivity contribution in [2.24, 2.45) is 0 Å². The molecule has 94 valence electrons. The summed E-state index contributed by atoms with van der Waals surface area (Å²) in [6, 6.07) is 5.45. The van der Waals surface area contributed by atoms with Gasteiger partial charge in [0.25, 0.3) is 0 Å². The lowest BCUT2D eigenvalue weighted by Crippen LogP contribution is -2.30. The molecule has 17 heavy (non-hydrogen) atoms. The fourth-order valence-electron chi connectivity index (χ4n) is 1.72. The van der Waals surface area contributed by atoms with Crippen molar-refractivity contribution >= 4 is 5.78 Å². The predicted octanol–water partition coefficient (Wildman–Crippen LogP) is 2.61. The molecule has 0 amide bonds. The summed E-state index contributed by atoms with van der Waals surface area (Å²) >= 11 is 0. The van der Waals surface area contributed by atoms with Crippen LogP contribution in [0.3, 0.4) is 0 Å². The molecular formula is C14H21NO2. The van der Waals surface area contributed by atoms with Crippen LogP contribution in [0.5, 0.6) is 5.75 Å². The van der Waals surface area contributed by atoms with Crippen LogP contribution in [-0.2, 0) is 0 Å². The molecule has 0 radical (unpaired) electrons. The van der Waals surface area contributed by atoms with E-state index >= 15 is 0 Å². The van der Waals surface area contributed by atoms with Gasteiger partial charge < -0.3 is 10.1 Å². The lowest BCUT2D eigenvalue weighted by atomic mass is 9.96. The van der Waals surface area contributed by atoms with Crippen LogP contribution >= 0.6 is 0 Å². The number of Topliss-reactive ketones (excluding diaryl/α,β-unsaturated/α-hetero) is 1. The number of hydrogen-bond acceptors (Lipinski definition) is 3. The van der Waals surface area contributed by atoms with E-state index in [0.29, 0.717) is 5.92 Å². The van der Waals surface area contributed by atoms with Gasteiger partial charge in [0, 0.05) is 5.56 Å². The van der Waals surface area contributed by atoms with Gasteiger partial charge in [-0.1, -0.05) is 13.8 Å². The quantitative estimate of drug-likeness (QED) is 0.797. The molecule has 0 heterocycles. The Labute approximate surface area is 103 Å². The standard InChI is InChI=1S/C14H21NO2/c1-9(2)12-8-11(6-7-13(12)17-5)14(16)10(3)15-4/h6-10,15H,1-5H3. The van der Waals surface area contributed by atoms with Crippen LogP contribution in [0, 0.1) is 0 Å². The summed E-state index contributed by atoms with van der Waals surface area (Å²) in [5.74, 6) is 1.29. The molecule has 1 aromatic rings. The molecule has 0 bridgehead atoms. The molecule has 3 nitrogen and oxygen atoms in total. The third-order valence-electron chi connectivity index (χ3n) is 2.96. The third kappa shape index (κ3) is 3.07. The second kappa shape index (κ2) is 5.82. The highest BCUT2D eigenvalue weighted by molar-refractivity contribution is 6.00. The average Bonchev–Trinajstić information content (AvgIpc) is 2.35. The van der Waals surface area contributed by atoms with Crippen LogP contribution in [0.25, 0.3) is 0 Å². The molecule has 1 rings (SSSR count).